The van der Waals surface area contributed by atoms with Gasteiger partial charge in [-0.1, -0.05) is 11.7 Å². The van der Waals surface area contributed by atoms with Gasteiger partial charge in [-0.25, -0.2) is 0 Å². The zero-order chi connectivity index (χ0) is 7.71. The van der Waals surface area contributed by atoms with Crippen molar-refractivity contribution in [2.45, 2.75) is 0 Å². The van der Waals surface area contributed by atoms with Crippen molar-refractivity contribution in [3.63, 3.8) is 0 Å². The third-order valence-electron chi connectivity index (χ3n) is 0.357. The standard InChI is InChI=1S/HNS8/c2-1-8(3,4)9(5,6)7/h(H,5,6,7). The first-order valence-electron chi connectivity index (χ1n) is 1.38. The normalized spacial score (nSPS) is 13.0. The predicted molar refractivity (Wildman–Crippen MR) is 63.0 cm³/mol. The Morgan fingerprint density at radius 2 is 1.44 bits per heavy atom. The van der Waals surface area contributed by atoms with Crippen LogP contribution in [-0.4, -0.2) is 0 Å². The van der Waals surface area contributed by atoms with Crippen LogP contribution >= 0.6 is 11.7 Å². The summed E-state index contributed by atoms with van der Waals surface area (Å²) in [4.78, 5) is 0. The lowest BCUT2D eigenvalue weighted by Crippen LogP contribution is -1.97. The van der Waals surface area contributed by atoms with Crippen LogP contribution in [0.1, 0.15) is 0 Å². The summed E-state index contributed by atoms with van der Waals surface area (Å²) in [5.74, 6) is 0. The van der Waals surface area contributed by atoms with Crippen molar-refractivity contribution in [2.75, 3.05) is 0 Å². The highest BCUT2D eigenvalue weighted by atomic mass is 33.9. The molecule has 0 radical (unpaired) electrons. The Labute approximate surface area is 83.1 Å². The molecule has 0 aromatic carbocycles. The van der Waals surface area contributed by atoms with E-state index in [4.69, 9.17) is 44.8 Å². The summed E-state index contributed by atoms with van der Waals surface area (Å²) < 4.78 is 3.34. The molecule has 9 heavy (non-hydrogen) atoms. The van der Waals surface area contributed by atoms with Gasteiger partial charge in [-0.15, -0.1) is 3.77 Å². The predicted octanol–water partition coefficient (Wildman–Crippen LogP) is 0.547. The highest BCUT2D eigenvalue weighted by Gasteiger charge is 2.05. The van der Waals surface area contributed by atoms with Crippen molar-refractivity contribution in [3.05, 3.63) is 0 Å². The topological polar surface area (TPSA) is 12.4 Å². The van der Waals surface area contributed by atoms with Crippen LogP contribution in [0.5, 0.6) is 0 Å². The molecule has 0 saturated heterocycles. The molecule has 0 heterocycles. The Balaban J connectivity index is 5.33. The van der Waals surface area contributed by atoms with Gasteiger partial charge in [-0.05, 0) is 44.8 Å². The summed E-state index contributed by atoms with van der Waals surface area (Å²) >= 11 is 27.2. The zero-order valence-corrected chi connectivity index (χ0v) is 10.4. The molecular formula is HNS8. The minimum absolute atomic E-state index is 2.05. The summed E-state index contributed by atoms with van der Waals surface area (Å²) in [7, 11) is 0. The summed E-state index contributed by atoms with van der Waals surface area (Å²) in [5, 5.41) is -2.05. The lowest BCUT2D eigenvalue weighted by Gasteiger charge is -2.01. The van der Waals surface area contributed by atoms with Crippen molar-refractivity contribution in [1.29, 1.82) is 0 Å². The maximum Gasteiger partial charge on any atom is 0.0875 e. The Bertz CT molecular complexity index is 283. The summed E-state index contributed by atoms with van der Waals surface area (Å²) in [5.41, 5.74) is 0. The molecule has 0 N–H and O–H groups in total. The molecule has 0 saturated carbocycles. The van der Waals surface area contributed by atoms with Crippen LogP contribution < -0.4 is 0 Å². The first kappa shape index (κ1) is 11.0. The van der Waals surface area contributed by atoms with Gasteiger partial charge in [0.05, 0.1) is 18.8 Å². The van der Waals surface area contributed by atoms with E-state index in [1.165, 1.54) is 0 Å². The molecule has 0 fully saturated rings. The van der Waals surface area contributed by atoms with Crippen LogP contribution in [0.2, 0.25) is 0 Å². The SMILES string of the molecule is S=NS(=S)(=S)S(=S)(=S)S. The van der Waals surface area contributed by atoms with Crippen molar-refractivity contribution < 1.29 is 0 Å². The van der Waals surface area contributed by atoms with E-state index >= 15 is 0 Å². The molecule has 0 aromatic rings. The van der Waals surface area contributed by atoms with E-state index in [0.717, 1.165) is 0 Å². The summed E-state index contributed by atoms with van der Waals surface area (Å²) in [6.45, 7) is 0. The number of hydrogen-bond donors (Lipinski definition) is 1. The molecule has 0 unspecified atom stereocenters. The smallest absolute Gasteiger partial charge is 0.0875 e. The molecule has 0 aliphatic heterocycles. The van der Waals surface area contributed by atoms with Gasteiger partial charge in [0.1, 0.15) is 0 Å². The van der Waals surface area contributed by atoms with Crippen molar-refractivity contribution in [3.8, 4) is 0 Å². The van der Waals surface area contributed by atoms with E-state index < -0.39 is 11.6 Å². The van der Waals surface area contributed by atoms with Crippen LogP contribution in [-0.2, 0) is 68.8 Å². The Hall–Kier alpha value is 1.95. The van der Waals surface area contributed by atoms with Crippen LogP contribution in [0.15, 0.2) is 3.77 Å². The second kappa shape index (κ2) is 3.57. The van der Waals surface area contributed by atoms with Crippen molar-refractivity contribution >= 4 is 80.4 Å². The molecule has 1 nitrogen and oxygen atoms in total. The van der Waals surface area contributed by atoms with E-state index in [9.17, 15) is 0 Å². The maximum absolute atomic E-state index is 4.76. The van der Waals surface area contributed by atoms with Crippen molar-refractivity contribution in [1.82, 2.24) is 0 Å². The summed E-state index contributed by atoms with van der Waals surface area (Å²) in [6.07, 6.45) is -2.15. The fourth-order valence-electron chi connectivity index (χ4n) is 0.0385. The molecule has 0 spiro atoms. The molecule has 0 rings (SSSR count). The highest BCUT2D eigenvalue weighted by molar-refractivity contribution is 9.28. The molecule has 0 atom stereocenters. The molecule has 0 aliphatic carbocycles. The molecule has 0 bridgehead atoms. The van der Waals surface area contributed by atoms with E-state index in [-0.39, 0.29) is 0 Å². The monoisotopic (exact) mass is 271 g/mol. The van der Waals surface area contributed by atoms with Gasteiger partial charge in [0.25, 0.3) is 0 Å². The van der Waals surface area contributed by atoms with Gasteiger partial charge in [-0.2, -0.15) is 0 Å². The highest BCUT2D eigenvalue weighted by Crippen LogP contribution is 2.11. The van der Waals surface area contributed by atoms with Gasteiger partial charge in [0.15, 0.2) is 0 Å². The second-order valence-electron chi connectivity index (χ2n) is 0.930. The zero-order valence-electron chi connectivity index (χ0n) is 3.75. The third kappa shape index (κ3) is 3.23. The number of nitrogens with zero attached hydrogens (tertiary/aromatic N) is 1. The second-order valence-corrected chi connectivity index (χ2v) is 19.7. The first-order valence-corrected chi connectivity index (χ1v) is 10.2. The Kier molecular flexibility index (Phi) is 4.34. The molecule has 0 aromatic heterocycles. The fraction of sp³-hybridized carbons (Fsp3) is 0. The molecule has 9 heteroatoms. The maximum atomic E-state index is 4.76. The van der Waals surface area contributed by atoms with Crippen molar-refractivity contribution in [2.24, 2.45) is 3.77 Å². The fourth-order valence-corrected chi connectivity index (χ4v) is 3.11. The lowest BCUT2D eigenvalue weighted by atomic mass is 13.9. The minimum Gasteiger partial charge on any atom is -0.130 e. The van der Waals surface area contributed by atoms with Gasteiger partial charge >= 0.3 is 0 Å². The van der Waals surface area contributed by atoms with Gasteiger partial charge in [-0.3, -0.25) is 0 Å². The quantitative estimate of drug-likeness (QED) is 0.580. The third-order valence-corrected chi connectivity index (χ3v) is 18.9. The molecule has 54 valence electrons. The van der Waals surface area contributed by atoms with Gasteiger partial charge in [0, 0.05) is 5.21 Å². The number of rotatable bonds is 2. The van der Waals surface area contributed by atoms with Gasteiger partial charge in [0.2, 0.25) is 0 Å². The average Bonchev–Trinajstić information content (AvgIpc) is 1.64. The summed E-state index contributed by atoms with van der Waals surface area (Å²) in [6, 6.07) is 0. The van der Waals surface area contributed by atoms with Crippen LogP contribution in [0.4, 0.5) is 0 Å². The van der Waals surface area contributed by atoms with Crippen LogP contribution in [0.3, 0.4) is 0 Å². The minimum atomic E-state index is -2.15. The van der Waals surface area contributed by atoms with Crippen LogP contribution in [0.25, 0.3) is 0 Å². The molecule has 0 amide bonds. The van der Waals surface area contributed by atoms with E-state index in [0.29, 0.717) is 0 Å². The number of hydrogen-bond acceptors (Lipinski definition) is 5. The van der Waals surface area contributed by atoms with Crippen LogP contribution in [0, 0.1) is 0 Å². The average molecular weight is 272 g/mol. The molecular weight excluding hydrogens is 271 g/mol. The Morgan fingerprint density at radius 1 is 1.11 bits per heavy atom. The van der Waals surface area contributed by atoms with Gasteiger partial charge < -0.3 is 0 Å². The van der Waals surface area contributed by atoms with E-state index in [2.05, 4.69) is 27.9 Å². The Morgan fingerprint density at radius 3 is 1.44 bits per heavy atom. The first-order chi connectivity index (χ1) is 3.81. The number of thiol groups is 1. The van der Waals surface area contributed by atoms with E-state index in [1.54, 1.807) is 0 Å². The molecule has 0 aliphatic rings. The van der Waals surface area contributed by atoms with E-state index in [1.807, 2.05) is 0 Å². The largest absolute Gasteiger partial charge is 0.130 e. The lowest BCUT2D eigenvalue weighted by molar-refractivity contribution is 2.13.